The lowest BCUT2D eigenvalue weighted by molar-refractivity contribution is -0.141. The van der Waals surface area contributed by atoms with Crippen molar-refractivity contribution in [3.8, 4) is 0 Å². The average Bonchev–Trinajstić information content (AvgIpc) is 2.86. The monoisotopic (exact) mass is 517 g/mol. The smallest absolute Gasteiger partial charge is 0.242 e. The van der Waals surface area contributed by atoms with Crippen LogP contribution in [0.5, 0.6) is 0 Å². The first kappa shape index (κ1) is 27.6. The van der Waals surface area contributed by atoms with Gasteiger partial charge in [0, 0.05) is 25.6 Å². The van der Waals surface area contributed by atoms with E-state index in [1.165, 1.54) is 35.0 Å². The van der Waals surface area contributed by atoms with Crippen molar-refractivity contribution in [2.45, 2.75) is 70.5 Å². The summed E-state index contributed by atoms with van der Waals surface area (Å²) in [6.45, 7) is 2.09. The van der Waals surface area contributed by atoms with Gasteiger partial charge in [0.2, 0.25) is 21.8 Å². The Morgan fingerprint density at radius 2 is 1.67 bits per heavy atom. The van der Waals surface area contributed by atoms with Crippen LogP contribution in [0.3, 0.4) is 0 Å². The highest BCUT2D eigenvalue weighted by atomic mass is 32.2. The molecule has 1 fully saturated rings. The number of anilines is 1. The molecule has 0 bridgehead atoms. The normalized spacial score (nSPS) is 15.2. The van der Waals surface area contributed by atoms with Crippen molar-refractivity contribution >= 4 is 27.5 Å². The number of benzene rings is 2. The summed E-state index contributed by atoms with van der Waals surface area (Å²) in [5.74, 6) is -0.854. The maximum absolute atomic E-state index is 13.3. The fourth-order valence-electron chi connectivity index (χ4n) is 4.54. The van der Waals surface area contributed by atoms with Crippen molar-refractivity contribution in [1.82, 2.24) is 10.2 Å². The molecule has 0 unspecified atom stereocenters. The molecule has 1 aliphatic carbocycles. The molecule has 196 valence electrons. The van der Waals surface area contributed by atoms with Crippen LogP contribution in [0.15, 0.2) is 54.6 Å². The molecule has 0 heterocycles. The van der Waals surface area contributed by atoms with E-state index >= 15 is 0 Å². The second-order valence-corrected chi connectivity index (χ2v) is 11.3. The molecular weight excluding hydrogens is 481 g/mol. The number of rotatable bonds is 11. The molecule has 1 N–H and O–H groups in total. The Kier molecular flexibility index (Phi) is 9.87. The standard InChI is InChI=1S/C27H36FN3O4S/c1-21(27(33)29-24-12-7-4-8-13-24)30(20-22-10-5-3-6-11-22)26(32)14-9-19-31(36(2,34)35)25-17-15-23(28)16-18-25/h3,5-6,10-11,15-18,21,24H,4,7-9,12-14,19-20H2,1-2H3,(H,29,33)/t21-/m1/s1. The number of halogens is 1. The van der Waals surface area contributed by atoms with Crippen LogP contribution >= 0.6 is 0 Å². The second kappa shape index (κ2) is 12.9. The minimum atomic E-state index is -3.62. The van der Waals surface area contributed by atoms with Gasteiger partial charge in [-0.15, -0.1) is 0 Å². The molecule has 2 amide bonds. The highest BCUT2D eigenvalue weighted by Gasteiger charge is 2.28. The summed E-state index contributed by atoms with van der Waals surface area (Å²) in [6.07, 6.45) is 6.69. The van der Waals surface area contributed by atoms with Gasteiger partial charge in [-0.3, -0.25) is 13.9 Å². The quantitative estimate of drug-likeness (QED) is 0.483. The summed E-state index contributed by atoms with van der Waals surface area (Å²) in [7, 11) is -3.62. The lowest BCUT2D eigenvalue weighted by Crippen LogP contribution is -2.50. The highest BCUT2D eigenvalue weighted by molar-refractivity contribution is 7.92. The summed E-state index contributed by atoms with van der Waals surface area (Å²) in [5.41, 5.74) is 1.25. The van der Waals surface area contributed by atoms with Gasteiger partial charge in [0.1, 0.15) is 11.9 Å². The first-order chi connectivity index (χ1) is 17.1. The second-order valence-electron chi connectivity index (χ2n) is 9.44. The Morgan fingerprint density at radius 1 is 1.03 bits per heavy atom. The third-order valence-electron chi connectivity index (χ3n) is 6.58. The third-order valence-corrected chi connectivity index (χ3v) is 7.78. The first-order valence-electron chi connectivity index (χ1n) is 12.5. The van der Waals surface area contributed by atoms with Crippen LogP contribution in [0.1, 0.15) is 57.4 Å². The Bertz CT molecular complexity index is 1100. The van der Waals surface area contributed by atoms with Crippen molar-refractivity contribution in [3.63, 3.8) is 0 Å². The van der Waals surface area contributed by atoms with Crippen LogP contribution in [0.4, 0.5) is 10.1 Å². The number of nitrogens with zero attached hydrogens (tertiary/aromatic N) is 2. The number of carbonyl (C=O) groups excluding carboxylic acids is 2. The number of amides is 2. The molecule has 0 saturated heterocycles. The van der Waals surface area contributed by atoms with E-state index in [1.807, 2.05) is 30.3 Å². The Labute approximate surface area is 213 Å². The summed E-state index contributed by atoms with van der Waals surface area (Å²) >= 11 is 0. The van der Waals surface area contributed by atoms with E-state index in [-0.39, 0.29) is 43.8 Å². The van der Waals surface area contributed by atoms with Gasteiger partial charge < -0.3 is 10.2 Å². The van der Waals surface area contributed by atoms with E-state index in [9.17, 15) is 22.4 Å². The minimum absolute atomic E-state index is 0.0675. The molecule has 36 heavy (non-hydrogen) atoms. The topological polar surface area (TPSA) is 86.8 Å². The molecular formula is C27H36FN3O4S. The Hall–Kier alpha value is -2.94. The molecule has 2 aromatic carbocycles. The van der Waals surface area contributed by atoms with Crippen molar-refractivity contribution in [1.29, 1.82) is 0 Å². The summed E-state index contributed by atoms with van der Waals surface area (Å²) < 4.78 is 39.2. The Balaban J connectivity index is 1.68. The van der Waals surface area contributed by atoms with E-state index in [0.29, 0.717) is 5.69 Å². The molecule has 1 saturated carbocycles. The Morgan fingerprint density at radius 3 is 2.28 bits per heavy atom. The van der Waals surface area contributed by atoms with E-state index in [1.54, 1.807) is 11.8 Å². The van der Waals surface area contributed by atoms with E-state index in [4.69, 9.17) is 0 Å². The predicted octanol–water partition coefficient (Wildman–Crippen LogP) is 4.24. The van der Waals surface area contributed by atoms with Crippen LogP contribution in [-0.4, -0.2) is 50.0 Å². The van der Waals surface area contributed by atoms with Crippen molar-refractivity contribution in [3.05, 3.63) is 66.0 Å². The van der Waals surface area contributed by atoms with Gasteiger partial charge in [0.15, 0.2) is 0 Å². The molecule has 2 aromatic rings. The maximum atomic E-state index is 13.3. The fraction of sp³-hybridized carbons (Fsp3) is 0.481. The molecule has 1 aliphatic rings. The third kappa shape index (κ3) is 8.05. The largest absolute Gasteiger partial charge is 0.352 e. The summed E-state index contributed by atoms with van der Waals surface area (Å²) in [6, 6.07) is 14.2. The van der Waals surface area contributed by atoms with E-state index in [0.717, 1.165) is 37.5 Å². The fourth-order valence-corrected chi connectivity index (χ4v) is 5.51. The molecule has 0 aliphatic heterocycles. The molecule has 9 heteroatoms. The maximum Gasteiger partial charge on any atom is 0.242 e. The highest BCUT2D eigenvalue weighted by Crippen LogP contribution is 2.21. The van der Waals surface area contributed by atoms with Gasteiger partial charge in [0.25, 0.3) is 0 Å². The number of carbonyl (C=O) groups is 2. The van der Waals surface area contributed by atoms with Gasteiger partial charge in [-0.2, -0.15) is 0 Å². The van der Waals surface area contributed by atoms with Crippen LogP contribution < -0.4 is 9.62 Å². The minimum Gasteiger partial charge on any atom is -0.352 e. The lowest BCUT2D eigenvalue weighted by atomic mass is 9.95. The van der Waals surface area contributed by atoms with Gasteiger partial charge in [0.05, 0.1) is 11.9 Å². The molecule has 0 aromatic heterocycles. The molecule has 7 nitrogen and oxygen atoms in total. The van der Waals surface area contributed by atoms with Crippen LogP contribution in [0.2, 0.25) is 0 Å². The summed E-state index contributed by atoms with van der Waals surface area (Å²) in [5, 5.41) is 3.11. The van der Waals surface area contributed by atoms with Crippen LogP contribution in [-0.2, 0) is 26.2 Å². The zero-order valence-corrected chi connectivity index (χ0v) is 21.8. The first-order valence-corrected chi connectivity index (χ1v) is 14.4. The summed E-state index contributed by atoms with van der Waals surface area (Å²) in [4.78, 5) is 27.9. The average molecular weight is 518 g/mol. The van der Waals surface area contributed by atoms with Gasteiger partial charge in [-0.05, 0) is 56.0 Å². The van der Waals surface area contributed by atoms with Crippen molar-refractivity contribution in [2.75, 3.05) is 17.1 Å². The molecule has 0 radical (unpaired) electrons. The molecule has 3 rings (SSSR count). The van der Waals surface area contributed by atoms with E-state index in [2.05, 4.69) is 5.32 Å². The number of nitrogens with one attached hydrogen (secondary N) is 1. The zero-order chi connectivity index (χ0) is 26.1. The van der Waals surface area contributed by atoms with Crippen molar-refractivity contribution < 1.29 is 22.4 Å². The molecule has 0 spiro atoms. The number of hydrogen-bond acceptors (Lipinski definition) is 4. The number of sulfonamides is 1. The lowest BCUT2D eigenvalue weighted by Gasteiger charge is -2.31. The van der Waals surface area contributed by atoms with Crippen molar-refractivity contribution in [2.24, 2.45) is 0 Å². The van der Waals surface area contributed by atoms with E-state index < -0.39 is 21.9 Å². The zero-order valence-electron chi connectivity index (χ0n) is 21.0. The van der Waals surface area contributed by atoms with Gasteiger partial charge in [-0.25, -0.2) is 12.8 Å². The van der Waals surface area contributed by atoms with Gasteiger partial charge >= 0.3 is 0 Å². The van der Waals surface area contributed by atoms with Crippen LogP contribution in [0.25, 0.3) is 0 Å². The number of hydrogen-bond donors (Lipinski definition) is 1. The predicted molar refractivity (Wildman–Crippen MR) is 139 cm³/mol. The molecule has 1 atom stereocenters. The SMILES string of the molecule is C[C@H](C(=O)NC1CCCCC1)N(Cc1ccccc1)C(=O)CCCN(c1ccc(F)cc1)S(C)(=O)=O. The van der Waals surface area contributed by atoms with Gasteiger partial charge in [-0.1, -0.05) is 49.6 Å². The van der Waals surface area contributed by atoms with Crippen LogP contribution in [0, 0.1) is 5.82 Å².